The maximum atomic E-state index is 8.40. The standard InChI is InChI=1S/C4H9Si.O2Si.2O.Ti/c1-4(2)3-5;1-3-2;;;/h4H,3H2,1-2H3;;;;/q+3;;2*-2;+4. The van der Waals surface area contributed by atoms with Crippen LogP contribution in [0, 0.1) is 5.92 Å². The Morgan fingerprint density at radius 1 is 1.27 bits per heavy atom. The fourth-order valence-corrected chi connectivity index (χ4v) is 0. The number of rotatable bonds is 1. The molecule has 0 aliphatic carbocycles. The van der Waals surface area contributed by atoms with Gasteiger partial charge in [0.1, 0.15) is 0 Å². The topological polar surface area (TPSA) is 91.1 Å². The second kappa shape index (κ2) is 31.0. The van der Waals surface area contributed by atoms with Gasteiger partial charge in [-0.15, -0.1) is 0 Å². The third-order valence-corrected chi connectivity index (χ3v) is 1.22. The van der Waals surface area contributed by atoms with Gasteiger partial charge in [0.2, 0.25) is 0 Å². The second-order valence-electron chi connectivity index (χ2n) is 1.68. The molecule has 0 radical (unpaired) electrons. The molecule has 0 atom stereocenters. The first-order chi connectivity index (χ1) is 3.68. The molecule has 0 aromatic heterocycles. The summed E-state index contributed by atoms with van der Waals surface area (Å²) in [5.41, 5.74) is 0. The summed E-state index contributed by atoms with van der Waals surface area (Å²) >= 11 is 0. The SMILES string of the molecule is CC(C)C[Si+3].O=[Si]=O.[O-2].[O-2].[Ti+4]. The fourth-order valence-electron chi connectivity index (χ4n) is 0. The molecule has 58 valence electrons. The largest absolute Gasteiger partial charge is 4.00 e. The van der Waals surface area contributed by atoms with Gasteiger partial charge in [-0.25, -0.2) is 0 Å². The van der Waals surface area contributed by atoms with Crippen molar-refractivity contribution in [1.82, 2.24) is 0 Å². The van der Waals surface area contributed by atoms with Crippen LogP contribution in [0.3, 0.4) is 0 Å². The summed E-state index contributed by atoms with van der Waals surface area (Å²) in [4.78, 5) is 0. The molecule has 7 heteroatoms. The molecule has 0 rings (SSSR count). The van der Waals surface area contributed by atoms with E-state index in [2.05, 4.69) is 24.1 Å². The van der Waals surface area contributed by atoms with E-state index in [4.69, 9.17) is 8.92 Å². The zero-order chi connectivity index (χ0) is 6.99. The molecule has 4 nitrogen and oxygen atoms in total. The van der Waals surface area contributed by atoms with Gasteiger partial charge >= 0.3 is 67.1 Å². The molecule has 0 unspecified atom stereocenters. The van der Waals surface area contributed by atoms with Crippen molar-refractivity contribution in [3.05, 3.63) is 0 Å². The Labute approximate surface area is 87.0 Å². The molecule has 0 aliphatic heterocycles. The number of hydrogen-bond acceptors (Lipinski definition) is 2. The van der Waals surface area contributed by atoms with Crippen LogP contribution in [0.1, 0.15) is 13.8 Å². The zero-order valence-corrected chi connectivity index (χ0v) is 9.98. The van der Waals surface area contributed by atoms with Crippen LogP contribution in [0.15, 0.2) is 0 Å². The molecule has 0 amide bonds. The summed E-state index contributed by atoms with van der Waals surface area (Å²) in [6.45, 7) is 4.35. The molecule has 0 aromatic rings. The molecule has 11 heavy (non-hydrogen) atoms. The minimum atomic E-state index is -1.42. The van der Waals surface area contributed by atoms with E-state index < -0.39 is 9.29 Å². The van der Waals surface area contributed by atoms with Gasteiger partial charge in [-0.05, 0) is 0 Å². The summed E-state index contributed by atoms with van der Waals surface area (Å²) in [6.07, 6.45) is 0. The van der Waals surface area contributed by atoms with E-state index in [0.717, 1.165) is 12.0 Å². The van der Waals surface area contributed by atoms with Crippen LogP contribution < -0.4 is 0 Å². The third kappa shape index (κ3) is 113. The molecule has 0 fully saturated rings. The van der Waals surface area contributed by atoms with Crippen molar-refractivity contribution < 1.29 is 41.6 Å². The molecule has 0 bridgehead atoms. The normalized spacial score (nSPS) is 5.18. The monoisotopic (exact) mass is 225 g/mol. The van der Waals surface area contributed by atoms with E-state index in [1.807, 2.05) is 0 Å². The summed E-state index contributed by atoms with van der Waals surface area (Å²) in [7, 11) is 1.94. The molecular weight excluding hydrogens is 216 g/mol. The molecule has 0 saturated carbocycles. The van der Waals surface area contributed by atoms with Crippen LogP contribution >= 0.6 is 0 Å². The smallest absolute Gasteiger partial charge is 2.00 e. The van der Waals surface area contributed by atoms with Gasteiger partial charge in [-0.3, -0.25) is 8.92 Å². The Hall–Kier alpha value is 0.668. The second-order valence-corrected chi connectivity index (χ2v) is 2.26. The Morgan fingerprint density at radius 3 is 1.36 bits per heavy atom. The predicted molar refractivity (Wildman–Crippen MR) is 33.9 cm³/mol. The quantitative estimate of drug-likeness (QED) is 0.603. The van der Waals surface area contributed by atoms with Crippen molar-refractivity contribution >= 4 is 19.5 Å². The van der Waals surface area contributed by atoms with Crippen molar-refractivity contribution in [1.29, 1.82) is 0 Å². The average molecular weight is 225 g/mol. The van der Waals surface area contributed by atoms with Gasteiger partial charge in [-0.1, -0.05) is 0 Å². The van der Waals surface area contributed by atoms with Crippen molar-refractivity contribution in [3.63, 3.8) is 0 Å². The van der Waals surface area contributed by atoms with E-state index in [0.29, 0.717) is 0 Å². The zero-order valence-electron chi connectivity index (χ0n) is 6.42. The van der Waals surface area contributed by atoms with E-state index in [9.17, 15) is 0 Å². The van der Waals surface area contributed by atoms with Gasteiger partial charge in [0, 0.05) is 0 Å². The maximum absolute atomic E-state index is 8.40. The maximum Gasteiger partial charge on any atom is 4.00 e. The molecule has 0 spiro atoms. The summed E-state index contributed by atoms with van der Waals surface area (Å²) in [6, 6.07) is 1.11. The van der Waals surface area contributed by atoms with Crippen molar-refractivity contribution in [2.45, 2.75) is 19.9 Å². The van der Waals surface area contributed by atoms with Gasteiger partial charge in [0.15, 0.2) is 0 Å². The van der Waals surface area contributed by atoms with Gasteiger partial charge < -0.3 is 11.0 Å². The summed E-state index contributed by atoms with van der Waals surface area (Å²) < 4.78 is 16.8. The third-order valence-electron chi connectivity index (χ3n) is 0.408. The molecule has 0 saturated heterocycles. The first kappa shape index (κ1) is 29.9. The molecule has 0 heterocycles. The van der Waals surface area contributed by atoms with Crippen LogP contribution in [0.2, 0.25) is 6.04 Å². The van der Waals surface area contributed by atoms with Crippen LogP contribution in [0.4, 0.5) is 0 Å². The first-order valence-corrected chi connectivity index (χ1v) is 3.85. The van der Waals surface area contributed by atoms with E-state index in [1.165, 1.54) is 0 Å². The first-order valence-electron chi connectivity index (χ1n) is 2.32. The van der Waals surface area contributed by atoms with Crippen molar-refractivity contribution in [2.24, 2.45) is 5.92 Å². The van der Waals surface area contributed by atoms with Gasteiger partial charge in [0.05, 0.1) is 0 Å². The average Bonchev–Trinajstić information content (AvgIpc) is 1.69. The van der Waals surface area contributed by atoms with Crippen molar-refractivity contribution in [2.75, 3.05) is 0 Å². The van der Waals surface area contributed by atoms with E-state index >= 15 is 0 Å². The molecule has 0 aliphatic rings. The van der Waals surface area contributed by atoms with Gasteiger partial charge in [-0.2, -0.15) is 0 Å². The minimum Gasteiger partial charge on any atom is -2.00 e. The Morgan fingerprint density at radius 2 is 1.36 bits per heavy atom. The van der Waals surface area contributed by atoms with Crippen LogP contribution in [-0.2, 0) is 41.6 Å². The molecular formula is C4H9O4Si2Ti+3. The van der Waals surface area contributed by atoms with E-state index in [-0.39, 0.29) is 32.7 Å². The van der Waals surface area contributed by atoms with Crippen LogP contribution in [-0.4, -0.2) is 19.5 Å². The summed E-state index contributed by atoms with van der Waals surface area (Å²) in [5, 5.41) is 0. The molecule has 0 N–H and O–H groups in total. The Kier molecular flexibility index (Phi) is 84.3. The Bertz CT molecular complexity index is 74.5. The minimum absolute atomic E-state index is 0. The Balaban J connectivity index is -0.0000000183. The van der Waals surface area contributed by atoms with Gasteiger partial charge in [0.25, 0.3) is 0 Å². The van der Waals surface area contributed by atoms with Crippen LogP contribution in [0.5, 0.6) is 0 Å². The van der Waals surface area contributed by atoms with E-state index in [1.54, 1.807) is 0 Å². The summed E-state index contributed by atoms with van der Waals surface area (Å²) in [5.74, 6) is 0.798. The predicted octanol–water partition coefficient (Wildman–Crippen LogP) is 0.371. The molecule has 0 aromatic carbocycles. The van der Waals surface area contributed by atoms with Crippen molar-refractivity contribution in [3.8, 4) is 0 Å². The van der Waals surface area contributed by atoms with Crippen LogP contribution in [0.25, 0.3) is 0 Å². The fraction of sp³-hybridized carbons (Fsp3) is 1.00. The number of hydrogen-bond donors (Lipinski definition) is 0.